The van der Waals surface area contributed by atoms with E-state index in [1.54, 1.807) is 12.8 Å². The summed E-state index contributed by atoms with van der Waals surface area (Å²) in [7, 11) is 0. The van der Waals surface area contributed by atoms with E-state index < -0.39 is 0 Å². The number of hydrogen-bond acceptors (Lipinski definition) is 0. The van der Waals surface area contributed by atoms with Crippen molar-refractivity contribution in [1.82, 2.24) is 0 Å². The van der Waals surface area contributed by atoms with Gasteiger partial charge in [-0.1, -0.05) is 26.0 Å². The summed E-state index contributed by atoms with van der Waals surface area (Å²) >= 11 is 0. The molecule has 0 saturated heterocycles. The van der Waals surface area contributed by atoms with Gasteiger partial charge in [-0.15, -0.1) is 0 Å². The van der Waals surface area contributed by atoms with E-state index in [0.717, 1.165) is 59.2 Å². The summed E-state index contributed by atoms with van der Waals surface area (Å²) in [4.78, 5) is 0. The molecule has 0 aromatic carbocycles. The summed E-state index contributed by atoms with van der Waals surface area (Å²) in [6.45, 7) is 5.11. The predicted octanol–water partition coefficient (Wildman–Crippen LogP) is 3.98. The van der Waals surface area contributed by atoms with Crippen LogP contribution in [0, 0.1) is 59.2 Å². The fraction of sp³-hybridized carbons (Fsp3) is 0.882. The van der Waals surface area contributed by atoms with Gasteiger partial charge in [0.25, 0.3) is 0 Å². The van der Waals surface area contributed by atoms with E-state index in [1.807, 2.05) is 0 Å². The Morgan fingerprint density at radius 3 is 2.18 bits per heavy atom. The van der Waals surface area contributed by atoms with Crippen molar-refractivity contribution in [3.05, 3.63) is 12.2 Å². The summed E-state index contributed by atoms with van der Waals surface area (Å²) in [6.07, 6.45) is 9.75. The Morgan fingerprint density at radius 1 is 0.765 bits per heavy atom. The van der Waals surface area contributed by atoms with E-state index in [9.17, 15) is 0 Å². The fourth-order valence-electron chi connectivity index (χ4n) is 7.43. The van der Waals surface area contributed by atoms with Gasteiger partial charge in [-0.3, -0.25) is 0 Å². The van der Waals surface area contributed by atoms with Crippen LogP contribution in [-0.4, -0.2) is 0 Å². The topological polar surface area (TPSA) is 0 Å². The van der Waals surface area contributed by atoms with E-state index in [4.69, 9.17) is 0 Å². The molecule has 4 saturated carbocycles. The first-order chi connectivity index (χ1) is 8.27. The van der Waals surface area contributed by atoms with Gasteiger partial charge in [-0.25, -0.2) is 0 Å². The smallest absolute Gasteiger partial charge is 0.0168 e. The molecule has 4 bridgehead atoms. The van der Waals surface area contributed by atoms with Gasteiger partial charge >= 0.3 is 0 Å². The molecule has 4 fully saturated rings. The summed E-state index contributed by atoms with van der Waals surface area (Å²) < 4.78 is 0. The predicted molar refractivity (Wildman–Crippen MR) is 69.2 cm³/mol. The molecule has 0 heterocycles. The Hall–Kier alpha value is -0.260. The maximum Gasteiger partial charge on any atom is -0.0168 e. The molecule has 0 radical (unpaired) electrons. The van der Waals surface area contributed by atoms with Crippen molar-refractivity contribution in [3.8, 4) is 0 Å². The highest BCUT2D eigenvalue weighted by Gasteiger charge is 2.68. The van der Waals surface area contributed by atoms with Gasteiger partial charge in [0.2, 0.25) is 0 Å². The lowest BCUT2D eigenvalue weighted by atomic mass is 9.60. The van der Waals surface area contributed by atoms with Crippen LogP contribution in [0.5, 0.6) is 0 Å². The van der Waals surface area contributed by atoms with Gasteiger partial charge in [0.1, 0.15) is 0 Å². The highest BCUT2D eigenvalue weighted by atomic mass is 14.7. The van der Waals surface area contributed by atoms with Crippen LogP contribution in [0.25, 0.3) is 0 Å². The molecule has 0 aromatic heterocycles. The first kappa shape index (κ1) is 9.64. The molecule has 0 amide bonds. The lowest BCUT2D eigenvalue weighted by Gasteiger charge is -2.45. The van der Waals surface area contributed by atoms with Crippen LogP contribution in [0.15, 0.2) is 12.2 Å². The van der Waals surface area contributed by atoms with Gasteiger partial charge in [-0.05, 0) is 78.4 Å². The summed E-state index contributed by atoms with van der Waals surface area (Å²) in [5.74, 6) is 11.0. The molecule has 10 unspecified atom stereocenters. The third-order valence-corrected chi connectivity index (χ3v) is 8.00. The lowest BCUT2D eigenvalue weighted by Crippen LogP contribution is -2.41. The number of hydrogen-bond donors (Lipinski definition) is 0. The maximum atomic E-state index is 2.60. The monoisotopic (exact) mass is 228 g/mol. The number of allylic oxidation sites excluding steroid dienone is 2. The van der Waals surface area contributed by atoms with Crippen molar-refractivity contribution in [3.63, 3.8) is 0 Å². The molecule has 0 aromatic rings. The van der Waals surface area contributed by atoms with Crippen molar-refractivity contribution in [2.24, 2.45) is 59.2 Å². The average molecular weight is 228 g/mol. The number of rotatable bonds is 0. The minimum absolute atomic E-state index is 1.02. The second-order valence-electron chi connectivity index (χ2n) is 7.90. The third kappa shape index (κ3) is 0.891. The zero-order valence-corrected chi connectivity index (χ0v) is 11.0. The highest BCUT2D eigenvalue weighted by molar-refractivity contribution is 5.21. The quantitative estimate of drug-likeness (QED) is 0.434. The van der Waals surface area contributed by atoms with Crippen molar-refractivity contribution in [2.75, 3.05) is 0 Å². The minimum Gasteiger partial charge on any atom is -0.0879 e. The highest BCUT2D eigenvalue weighted by Crippen LogP contribution is 2.73. The first-order valence-corrected chi connectivity index (χ1v) is 7.94. The Balaban J connectivity index is 1.58. The molecule has 92 valence electrons. The van der Waals surface area contributed by atoms with Gasteiger partial charge < -0.3 is 0 Å². The van der Waals surface area contributed by atoms with E-state index in [2.05, 4.69) is 26.0 Å². The molecule has 17 heavy (non-hydrogen) atoms. The Morgan fingerprint density at radius 2 is 1.41 bits per heavy atom. The summed E-state index contributed by atoms with van der Waals surface area (Å²) in [6, 6.07) is 0. The van der Waals surface area contributed by atoms with Crippen molar-refractivity contribution in [1.29, 1.82) is 0 Å². The second kappa shape index (κ2) is 2.83. The molecular formula is C17H24. The molecular weight excluding hydrogens is 204 g/mol. The van der Waals surface area contributed by atoms with Crippen LogP contribution in [0.2, 0.25) is 0 Å². The third-order valence-electron chi connectivity index (χ3n) is 8.00. The molecule has 0 heteroatoms. The van der Waals surface area contributed by atoms with Crippen molar-refractivity contribution >= 4 is 0 Å². The first-order valence-electron chi connectivity index (χ1n) is 7.94. The van der Waals surface area contributed by atoms with E-state index in [-0.39, 0.29) is 0 Å². The fourth-order valence-corrected chi connectivity index (χ4v) is 7.43. The molecule has 0 aliphatic heterocycles. The minimum atomic E-state index is 1.02. The molecule has 0 N–H and O–H groups in total. The second-order valence-corrected chi connectivity index (χ2v) is 7.90. The van der Waals surface area contributed by atoms with E-state index in [1.165, 1.54) is 6.42 Å². The zero-order valence-electron chi connectivity index (χ0n) is 11.0. The van der Waals surface area contributed by atoms with Crippen LogP contribution in [-0.2, 0) is 0 Å². The molecule has 5 aliphatic rings. The average Bonchev–Trinajstić information content (AvgIpc) is 3.02. The van der Waals surface area contributed by atoms with Crippen LogP contribution in [0.4, 0.5) is 0 Å². The molecule has 5 aliphatic carbocycles. The molecule has 5 rings (SSSR count). The lowest BCUT2D eigenvalue weighted by molar-refractivity contribution is 0.0311. The largest absolute Gasteiger partial charge is 0.0879 e. The van der Waals surface area contributed by atoms with Crippen LogP contribution >= 0.6 is 0 Å². The SMILES string of the molecule is CC1C(C)C2CC1C1C3CC(C4CC=CC43)C21. The Bertz CT molecular complexity index is 395. The van der Waals surface area contributed by atoms with Crippen molar-refractivity contribution in [2.45, 2.75) is 33.1 Å². The van der Waals surface area contributed by atoms with Crippen LogP contribution in [0.3, 0.4) is 0 Å². The van der Waals surface area contributed by atoms with Gasteiger partial charge in [0.15, 0.2) is 0 Å². The standard InChI is InChI=1S/C17H24/c1-8-9(2)13-6-12(8)16-14-7-15(17(13)16)11-5-3-4-10(11)14/h3-4,8-17H,5-7H2,1-2H3. The van der Waals surface area contributed by atoms with Gasteiger partial charge in [0.05, 0.1) is 0 Å². The van der Waals surface area contributed by atoms with Crippen LogP contribution in [0.1, 0.15) is 33.1 Å². The molecule has 10 atom stereocenters. The van der Waals surface area contributed by atoms with E-state index in [0.29, 0.717) is 0 Å². The zero-order chi connectivity index (χ0) is 11.3. The van der Waals surface area contributed by atoms with E-state index >= 15 is 0 Å². The summed E-state index contributed by atoms with van der Waals surface area (Å²) in [5.41, 5.74) is 0. The Kier molecular flexibility index (Phi) is 1.61. The van der Waals surface area contributed by atoms with Crippen LogP contribution < -0.4 is 0 Å². The van der Waals surface area contributed by atoms with Gasteiger partial charge in [0, 0.05) is 0 Å². The maximum absolute atomic E-state index is 2.60. The van der Waals surface area contributed by atoms with Gasteiger partial charge in [-0.2, -0.15) is 0 Å². The normalized spacial score (nSPS) is 70.0. The molecule has 0 nitrogen and oxygen atoms in total. The molecule has 0 spiro atoms. The number of fused-ring (bicyclic) bond motifs is 12. The summed E-state index contributed by atoms with van der Waals surface area (Å²) in [5, 5.41) is 0. The Labute approximate surface area is 105 Å². The van der Waals surface area contributed by atoms with Crippen molar-refractivity contribution < 1.29 is 0 Å².